The summed E-state index contributed by atoms with van der Waals surface area (Å²) in [6.07, 6.45) is 2.97. The molecule has 1 rings (SSSR count). The van der Waals surface area contributed by atoms with Gasteiger partial charge in [-0.25, -0.2) is 4.79 Å². The summed E-state index contributed by atoms with van der Waals surface area (Å²) in [6, 6.07) is 0.256. The Morgan fingerprint density at radius 3 is 2.92 bits per heavy atom. The van der Waals surface area contributed by atoms with Gasteiger partial charge in [0.25, 0.3) is 0 Å². The first kappa shape index (κ1) is 10.3. The van der Waals surface area contributed by atoms with E-state index in [0.29, 0.717) is 5.92 Å². The maximum absolute atomic E-state index is 11.1. The molecule has 76 valence electrons. The van der Waals surface area contributed by atoms with Gasteiger partial charge in [-0.1, -0.05) is 13.3 Å². The van der Waals surface area contributed by atoms with Crippen molar-refractivity contribution in [1.29, 1.82) is 0 Å². The van der Waals surface area contributed by atoms with Crippen LogP contribution in [0.3, 0.4) is 0 Å². The SMILES string of the molecule is CC1CCCC1NC(=O)OCCO. The summed E-state index contributed by atoms with van der Waals surface area (Å²) in [4.78, 5) is 11.1. The fourth-order valence-corrected chi connectivity index (χ4v) is 1.69. The van der Waals surface area contributed by atoms with Crippen molar-refractivity contribution in [1.82, 2.24) is 5.32 Å². The smallest absolute Gasteiger partial charge is 0.407 e. The first-order valence-electron chi connectivity index (χ1n) is 4.78. The molecule has 4 heteroatoms. The highest BCUT2D eigenvalue weighted by Crippen LogP contribution is 2.24. The lowest BCUT2D eigenvalue weighted by Gasteiger charge is -2.16. The van der Waals surface area contributed by atoms with Crippen molar-refractivity contribution >= 4 is 6.09 Å². The molecule has 1 fully saturated rings. The summed E-state index contributed by atoms with van der Waals surface area (Å²) in [5, 5.41) is 11.2. The first-order chi connectivity index (χ1) is 6.24. The molecule has 1 saturated carbocycles. The molecule has 0 heterocycles. The molecule has 0 saturated heterocycles. The molecule has 0 bridgehead atoms. The number of aliphatic hydroxyl groups excluding tert-OH is 1. The summed E-state index contributed by atoms with van der Waals surface area (Å²) in [6.45, 7) is 2.09. The zero-order valence-corrected chi connectivity index (χ0v) is 7.95. The molecule has 0 aliphatic heterocycles. The minimum absolute atomic E-state index is 0.0763. The molecule has 0 radical (unpaired) electrons. The van der Waals surface area contributed by atoms with Gasteiger partial charge >= 0.3 is 6.09 Å². The molecule has 1 amide bonds. The van der Waals surface area contributed by atoms with E-state index in [-0.39, 0.29) is 19.3 Å². The monoisotopic (exact) mass is 187 g/mol. The second kappa shape index (κ2) is 5.07. The summed E-state index contributed by atoms with van der Waals surface area (Å²) >= 11 is 0. The standard InChI is InChI=1S/C9H17NO3/c1-7-3-2-4-8(7)10-9(12)13-6-5-11/h7-8,11H,2-6H2,1H3,(H,10,12). The van der Waals surface area contributed by atoms with E-state index in [2.05, 4.69) is 12.2 Å². The van der Waals surface area contributed by atoms with E-state index >= 15 is 0 Å². The predicted octanol–water partition coefficient (Wildman–Crippen LogP) is 0.893. The molecule has 0 aromatic heterocycles. The number of carbonyl (C=O) groups excluding carboxylic acids is 1. The zero-order chi connectivity index (χ0) is 9.68. The number of hydrogen-bond acceptors (Lipinski definition) is 3. The summed E-state index contributed by atoms with van der Waals surface area (Å²) in [5.74, 6) is 0.543. The molecule has 13 heavy (non-hydrogen) atoms. The third-order valence-electron chi connectivity index (χ3n) is 2.49. The van der Waals surface area contributed by atoms with Gasteiger partial charge in [0, 0.05) is 6.04 Å². The topological polar surface area (TPSA) is 58.6 Å². The van der Waals surface area contributed by atoms with Gasteiger partial charge in [-0.05, 0) is 18.8 Å². The quantitative estimate of drug-likeness (QED) is 0.690. The Morgan fingerprint density at radius 1 is 1.62 bits per heavy atom. The molecular formula is C9H17NO3. The van der Waals surface area contributed by atoms with Crippen LogP contribution in [0.2, 0.25) is 0 Å². The van der Waals surface area contributed by atoms with Gasteiger partial charge < -0.3 is 15.2 Å². The Hall–Kier alpha value is -0.770. The van der Waals surface area contributed by atoms with E-state index in [4.69, 9.17) is 9.84 Å². The lowest BCUT2D eigenvalue weighted by Crippen LogP contribution is -2.37. The van der Waals surface area contributed by atoms with Gasteiger partial charge in [-0.2, -0.15) is 0 Å². The number of aliphatic hydroxyl groups is 1. The summed E-state index contributed by atoms with van der Waals surface area (Å²) in [5.41, 5.74) is 0. The first-order valence-corrected chi connectivity index (χ1v) is 4.78. The van der Waals surface area contributed by atoms with E-state index in [1.807, 2.05) is 0 Å². The molecular weight excluding hydrogens is 170 g/mol. The van der Waals surface area contributed by atoms with Gasteiger partial charge in [0.05, 0.1) is 6.61 Å². The molecule has 0 aromatic carbocycles. The number of amides is 1. The lowest BCUT2D eigenvalue weighted by atomic mass is 10.1. The maximum atomic E-state index is 11.1. The minimum Gasteiger partial charge on any atom is -0.447 e. The van der Waals surface area contributed by atoms with Crippen LogP contribution < -0.4 is 5.32 Å². The molecule has 2 N–H and O–H groups in total. The maximum Gasteiger partial charge on any atom is 0.407 e. The fraction of sp³-hybridized carbons (Fsp3) is 0.889. The number of alkyl carbamates (subject to hydrolysis) is 1. The van der Waals surface area contributed by atoms with Crippen LogP contribution in [0, 0.1) is 5.92 Å². The predicted molar refractivity (Wildman–Crippen MR) is 48.4 cm³/mol. The second-order valence-corrected chi connectivity index (χ2v) is 3.52. The Balaban J connectivity index is 2.19. The van der Waals surface area contributed by atoms with Crippen molar-refractivity contribution in [2.75, 3.05) is 13.2 Å². The minimum atomic E-state index is -0.409. The largest absolute Gasteiger partial charge is 0.447 e. The number of nitrogens with one attached hydrogen (secondary N) is 1. The van der Waals surface area contributed by atoms with Crippen molar-refractivity contribution in [3.8, 4) is 0 Å². The van der Waals surface area contributed by atoms with Crippen molar-refractivity contribution in [2.45, 2.75) is 32.2 Å². The van der Waals surface area contributed by atoms with Crippen LogP contribution >= 0.6 is 0 Å². The van der Waals surface area contributed by atoms with Crippen molar-refractivity contribution < 1.29 is 14.6 Å². The highest BCUT2D eigenvalue weighted by molar-refractivity contribution is 5.67. The zero-order valence-electron chi connectivity index (χ0n) is 7.95. The van der Waals surface area contributed by atoms with E-state index in [9.17, 15) is 4.79 Å². The average Bonchev–Trinajstić information content (AvgIpc) is 2.48. The third kappa shape index (κ3) is 3.22. The van der Waals surface area contributed by atoms with Crippen LogP contribution in [-0.2, 0) is 4.74 Å². The lowest BCUT2D eigenvalue weighted by molar-refractivity contribution is 0.115. The molecule has 0 spiro atoms. The molecule has 1 aliphatic carbocycles. The van der Waals surface area contributed by atoms with Gasteiger partial charge in [0.15, 0.2) is 0 Å². The molecule has 0 aromatic rings. The van der Waals surface area contributed by atoms with E-state index < -0.39 is 6.09 Å². The van der Waals surface area contributed by atoms with Gasteiger partial charge in [0.1, 0.15) is 6.61 Å². The van der Waals surface area contributed by atoms with Crippen molar-refractivity contribution in [3.63, 3.8) is 0 Å². The highest BCUT2D eigenvalue weighted by Gasteiger charge is 2.24. The Kier molecular flexibility index (Phi) is 4.02. The Labute approximate surface area is 78.3 Å². The van der Waals surface area contributed by atoms with Crippen LogP contribution in [0.1, 0.15) is 26.2 Å². The average molecular weight is 187 g/mol. The fourth-order valence-electron chi connectivity index (χ4n) is 1.69. The summed E-state index contributed by atoms with van der Waals surface area (Å²) < 4.78 is 4.70. The van der Waals surface area contributed by atoms with Crippen LogP contribution in [0.15, 0.2) is 0 Å². The van der Waals surface area contributed by atoms with Crippen LogP contribution in [0.25, 0.3) is 0 Å². The number of carbonyl (C=O) groups is 1. The number of hydrogen-bond donors (Lipinski definition) is 2. The number of ether oxygens (including phenoxy) is 1. The Bertz CT molecular complexity index is 172. The molecule has 1 aliphatic rings. The van der Waals surface area contributed by atoms with Crippen LogP contribution in [0.5, 0.6) is 0 Å². The molecule has 2 atom stereocenters. The van der Waals surface area contributed by atoms with Crippen molar-refractivity contribution in [3.05, 3.63) is 0 Å². The van der Waals surface area contributed by atoms with Gasteiger partial charge in [0.2, 0.25) is 0 Å². The molecule has 4 nitrogen and oxygen atoms in total. The van der Waals surface area contributed by atoms with E-state index in [1.165, 1.54) is 12.8 Å². The van der Waals surface area contributed by atoms with Gasteiger partial charge in [-0.15, -0.1) is 0 Å². The van der Waals surface area contributed by atoms with Crippen molar-refractivity contribution in [2.24, 2.45) is 5.92 Å². The normalized spacial score (nSPS) is 27.2. The van der Waals surface area contributed by atoms with Gasteiger partial charge in [-0.3, -0.25) is 0 Å². The van der Waals surface area contributed by atoms with Crippen LogP contribution in [0.4, 0.5) is 4.79 Å². The highest BCUT2D eigenvalue weighted by atomic mass is 16.6. The third-order valence-corrected chi connectivity index (χ3v) is 2.49. The van der Waals surface area contributed by atoms with E-state index in [1.54, 1.807) is 0 Å². The van der Waals surface area contributed by atoms with E-state index in [0.717, 1.165) is 6.42 Å². The van der Waals surface area contributed by atoms with Crippen LogP contribution in [-0.4, -0.2) is 30.5 Å². The number of rotatable bonds is 3. The molecule has 2 unspecified atom stereocenters. The Morgan fingerprint density at radius 2 is 2.38 bits per heavy atom. The summed E-state index contributed by atoms with van der Waals surface area (Å²) in [7, 11) is 0. The second-order valence-electron chi connectivity index (χ2n) is 3.52.